The first-order chi connectivity index (χ1) is 19.0. The third-order valence-corrected chi connectivity index (χ3v) is 6.04. The molecule has 0 aromatic rings. The lowest BCUT2D eigenvalue weighted by Gasteiger charge is -2.09. The summed E-state index contributed by atoms with van der Waals surface area (Å²) in [7, 11) is 0. The standard InChI is InChI=1S/C31H59N5O3/c1-6-9-17-28(4)34-21-13-11-12-14-23-38-25-26-39-24-16-22-36-31(37)18-15-19-32-27-30(29(5)33-8-3)35-20-10-7-2/h8,20,32,34H,4,6-7,9-19,21-27H2,1-3,5H3,(H,36,37)/b30-29+,33-8-,35-20-. The van der Waals surface area contributed by atoms with Crippen molar-refractivity contribution in [3.05, 3.63) is 23.7 Å². The minimum atomic E-state index is 0.0841. The second kappa shape index (κ2) is 29.0. The van der Waals surface area contributed by atoms with Crippen LogP contribution in [0.3, 0.4) is 0 Å². The maximum absolute atomic E-state index is 12.0. The Bertz CT molecular complexity index is 692. The number of rotatable bonds is 28. The Hall–Kier alpha value is -2.03. The number of carbonyl (C=O) groups excluding carboxylic acids is 1. The first-order valence-electron chi connectivity index (χ1n) is 15.3. The van der Waals surface area contributed by atoms with Crippen LogP contribution in [0.5, 0.6) is 0 Å². The smallest absolute Gasteiger partial charge is 0.220 e. The normalized spacial score (nSPS) is 12.3. The van der Waals surface area contributed by atoms with E-state index in [4.69, 9.17) is 9.47 Å². The van der Waals surface area contributed by atoms with Crippen molar-refractivity contribution in [1.29, 1.82) is 0 Å². The molecule has 1 amide bonds. The summed E-state index contributed by atoms with van der Waals surface area (Å²) in [5, 5.41) is 9.76. The zero-order chi connectivity index (χ0) is 28.8. The molecule has 0 aliphatic carbocycles. The fraction of sp³-hybridized carbons (Fsp3) is 0.774. The van der Waals surface area contributed by atoms with Crippen LogP contribution in [0.2, 0.25) is 0 Å². The molecule has 0 bridgehead atoms. The summed E-state index contributed by atoms with van der Waals surface area (Å²) in [6.45, 7) is 18.0. The van der Waals surface area contributed by atoms with Gasteiger partial charge in [-0.15, -0.1) is 0 Å². The average Bonchev–Trinajstić information content (AvgIpc) is 2.92. The fourth-order valence-corrected chi connectivity index (χ4v) is 3.66. The van der Waals surface area contributed by atoms with Gasteiger partial charge in [0.15, 0.2) is 0 Å². The molecule has 0 saturated heterocycles. The van der Waals surface area contributed by atoms with Crippen molar-refractivity contribution in [3.8, 4) is 0 Å². The molecule has 3 N–H and O–H groups in total. The molecule has 0 aromatic carbocycles. The van der Waals surface area contributed by atoms with Gasteiger partial charge in [0.1, 0.15) is 0 Å². The number of carbonyl (C=O) groups is 1. The van der Waals surface area contributed by atoms with Gasteiger partial charge in [-0.3, -0.25) is 14.8 Å². The van der Waals surface area contributed by atoms with Crippen molar-refractivity contribution in [2.75, 3.05) is 52.6 Å². The minimum absolute atomic E-state index is 0.0841. The van der Waals surface area contributed by atoms with Crippen LogP contribution in [0.1, 0.15) is 105 Å². The number of allylic oxidation sites excluding steroid dienone is 2. The maximum Gasteiger partial charge on any atom is 0.220 e. The molecule has 0 fully saturated rings. The van der Waals surface area contributed by atoms with Crippen molar-refractivity contribution >= 4 is 18.3 Å². The number of amides is 1. The molecule has 0 spiro atoms. The van der Waals surface area contributed by atoms with E-state index in [0.717, 1.165) is 69.6 Å². The average molecular weight is 550 g/mol. The number of hydrogen-bond acceptors (Lipinski definition) is 7. The molecular weight excluding hydrogens is 490 g/mol. The van der Waals surface area contributed by atoms with E-state index in [1.807, 2.05) is 20.1 Å². The Morgan fingerprint density at radius 3 is 2.23 bits per heavy atom. The van der Waals surface area contributed by atoms with Gasteiger partial charge in [0.25, 0.3) is 0 Å². The topological polar surface area (TPSA) is 96.3 Å². The molecule has 0 atom stereocenters. The van der Waals surface area contributed by atoms with E-state index in [1.165, 1.54) is 37.8 Å². The van der Waals surface area contributed by atoms with Gasteiger partial charge in [0.2, 0.25) is 5.91 Å². The Morgan fingerprint density at radius 1 is 0.795 bits per heavy atom. The molecule has 39 heavy (non-hydrogen) atoms. The second-order valence-corrected chi connectivity index (χ2v) is 9.78. The van der Waals surface area contributed by atoms with Crippen molar-refractivity contribution in [2.45, 2.75) is 105 Å². The number of ether oxygens (including phenoxy) is 2. The number of nitrogens with zero attached hydrogens (tertiary/aromatic N) is 2. The van der Waals surface area contributed by atoms with Crippen molar-refractivity contribution in [1.82, 2.24) is 16.0 Å². The van der Waals surface area contributed by atoms with Crippen LogP contribution in [0.15, 0.2) is 33.7 Å². The van der Waals surface area contributed by atoms with Crippen LogP contribution in [0, 0.1) is 0 Å². The number of unbranched alkanes of at least 4 members (excludes halogenated alkanes) is 5. The number of aliphatic imine (C=N–C) groups is 2. The molecule has 8 nitrogen and oxygen atoms in total. The first kappa shape index (κ1) is 37.0. The van der Waals surface area contributed by atoms with Crippen molar-refractivity contribution < 1.29 is 14.3 Å². The summed E-state index contributed by atoms with van der Waals surface area (Å²) in [4.78, 5) is 20.9. The van der Waals surface area contributed by atoms with E-state index in [2.05, 4.69) is 46.4 Å². The summed E-state index contributed by atoms with van der Waals surface area (Å²) < 4.78 is 11.3. The van der Waals surface area contributed by atoms with E-state index in [-0.39, 0.29) is 5.91 Å². The zero-order valence-corrected chi connectivity index (χ0v) is 25.6. The molecule has 0 aliphatic heterocycles. The summed E-state index contributed by atoms with van der Waals surface area (Å²) in [6, 6.07) is 0. The van der Waals surface area contributed by atoms with Gasteiger partial charge < -0.3 is 25.4 Å². The zero-order valence-electron chi connectivity index (χ0n) is 25.6. The fourth-order valence-electron chi connectivity index (χ4n) is 3.66. The van der Waals surface area contributed by atoms with Crippen LogP contribution in [0.25, 0.3) is 0 Å². The number of nitrogens with one attached hydrogen (secondary N) is 3. The Balaban J connectivity index is 3.54. The van der Waals surface area contributed by atoms with Gasteiger partial charge in [0, 0.05) is 57.4 Å². The van der Waals surface area contributed by atoms with Crippen LogP contribution in [-0.4, -0.2) is 70.9 Å². The molecule has 0 aliphatic rings. The quantitative estimate of drug-likeness (QED) is 0.0829. The lowest BCUT2D eigenvalue weighted by atomic mass is 10.2. The molecule has 0 aromatic heterocycles. The maximum atomic E-state index is 12.0. The SMILES string of the molecule is C=C(CCCC)NCCCCCCOCCOCCCNC(=O)CCCNCC(/N=C\CCC)=C(C)\N=C/C. The molecular formula is C31H59N5O3. The van der Waals surface area contributed by atoms with Crippen LogP contribution in [-0.2, 0) is 14.3 Å². The number of hydrogen-bond donors (Lipinski definition) is 3. The highest BCUT2D eigenvalue weighted by atomic mass is 16.5. The molecule has 0 unspecified atom stereocenters. The predicted octanol–water partition coefficient (Wildman–Crippen LogP) is 5.94. The molecule has 8 heteroatoms. The first-order valence-corrected chi connectivity index (χ1v) is 15.3. The highest BCUT2D eigenvalue weighted by Crippen LogP contribution is 2.06. The van der Waals surface area contributed by atoms with Crippen molar-refractivity contribution in [3.63, 3.8) is 0 Å². The summed E-state index contributed by atoms with van der Waals surface area (Å²) in [6.07, 6.45) is 16.1. The van der Waals surface area contributed by atoms with Gasteiger partial charge >= 0.3 is 0 Å². The van der Waals surface area contributed by atoms with Crippen LogP contribution < -0.4 is 16.0 Å². The monoisotopic (exact) mass is 549 g/mol. The van der Waals surface area contributed by atoms with E-state index in [0.29, 0.717) is 39.3 Å². The molecule has 0 radical (unpaired) electrons. The Morgan fingerprint density at radius 2 is 1.51 bits per heavy atom. The lowest BCUT2D eigenvalue weighted by molar-refractivity contribution is -0.121. The Labute approximate surface area is 239 Å². The lowest BCUT2D eigenvalue weighted by Crippen LogP contribution is -2.26. The van der Waals surface area contributed by atoms with E-state index in [1.54, 1.807) is 6.21 Å². The third-order valence-electron chi connectivity index (χ3n) is 6.04. The highest BCUT2D eigenvalue weighted by Gasteiger charge is 2.03. The van der Waals surface area contributed by atoms with Gasteiger partial charge in [-0.2, -0.15) is 0 Å². The molecule has 226 valence electrons. The minimum Gasteiger partial charge on any atom is -0.389 e. The summed E-state index contributed by atoms with van der Waals surface area (Å²) >= 11 is 0. The van der Waals surface area contributed by atoms with E-state index >= 15 is 0 Å². The third kappa shape index (κ3) is 26.0. The highest BCUT2D eigenvalue weighted by molar-refractivity contribution is 5.75. The van der Waals surface area contributed by atoms with Gasteiger partial charge in [-0.05, 0) is 65.3 Å². The van der Waals surface area contributed by atoms with Crippen molar-refractivity contribution in [2.24, 2.45) is 9.98 Å². The molecule has 0 heterocycles. The van der Waals surface area contributed by atoms with Gasteiger partial charge in [0.05, 0.1) is 24.6 Å². The van der Waals surface area contributed by atoms with Gasteiger partial charge in [-0.1, -0.05) is 46.1 Å². The Kier molecular flexibility index (Phi) is 27.5. The van der Waals surface area contributed by atoms with Gasteiger partial charge in [-0.25, -0.2) is 0 Å². The van der Waals surface area contributed by atoms with E-state index < -0.39 is 0 Å². The summed E-state index contributed by atoms with van der Waals surface area (Å²) in [5.74, 6) is 0.0841. The predicted molar refractivity (Wildman–Crippen MR) is 167 cm³/mol. The van der Waals surface area contributed by atoms with E-state index in [9.17, 15) is 4.79 Å². The second-order valence-electron chi connectivity index (χ2n) is 9.78. The van der Waals surface area contributed by atoms with Crippen LogP contribution >= 0.6 is 0 Å². The summed E-state index contributed by atoms with van der Waals surface area (Å²) in [5.41, 5.74) is 3.04. The molecule has 0 rings (SSSR count). The van der Waals surface area contributed by atoms with Crippen LogP contribution in [0.4, 0.5) is 0 Å². The largest absolute Gasteiger partial charge is 0.389 e. The molecule has 0 saturated carbocycles.